The van der Waals surface area contributed by atoms with Gasteiger partial charge in [-0.25, -0.2) is 0 Å². The molecule has 0 aromatic heterocycles. The van der Waals surface area contributed by atoms with E-state index in [9.17, 15) is 14.4 Å². The maximum atomic E-state index is 12.5. The van der Waals surface area contributed by atoms with E-state index in [1.54, 1.807) is 56.3 Å². The molecular formula is C21H23N3O4S. The normalized spacial score (nSPS) is 15.3. The summed E-state index contributed by atoms with van der Waals surface area (Å²) >= 11 is 1.05. The lowest BCUT2D eigenvalue weighted by molar-refractivity contribution is -0.125. The number of anilines is 2. The smallest absolute Gasteiger partial charge is 0.286 e. The lowest BCUT2D eigenvalue weighted by atomic mass is 10.1. The molecule has 1 aliphatic heterocycles. The second-order valence-corrected chi connectivity index (χ2v) is 7.77. The van der Waals surface area contributed by atoms with Crippen molar-refractivity contribution in [2.45, 2.75) is 24.3 Å². The molecule has 1 N–H and O–H groups in total. The summed E-state index contributed by atoms with van der Waals surface area (Å²) in [6.07, 6.45) is -0.477. The van der Waals surface area contributed by atoms with Gasteiger partial charge in [0.05, 0.1) is 11.4 Å². The Kier molecular flexibility index (Phi) is 6.43. The number of thioether (sulfide) groups is 1. The van der Waals surface area contributed by atoms with Gasteiger partial charge < -0.3 is 19.9 Å². The first kappa shape index (κ1) is 20.7. The number of rotatable bonds is 5. The van der Waals surface area contributed by atoms with Crippen LogP contribution in [0.2, 0.25) is 0 Å². The fraction of sp³-hybridized carbons (Fsp3) is 0.286. The van der Waals surface area contributed by atoms with Gasteiger partial charge in [0.2, 0.25) is 5.91 Å². The Morgan fingerprint density at radius 3 is 2.59 bits per heavy atom. The van der Waals surface area contributed by atoms with Gasteiger partial charge in [0.25, 0.3) is 11.1 Å². The number of ether oxygens (including phenoxy) is 1. The second kappa shape index (κ2) is 9.00. The summed E-state index contributed by atoms with van der Waals surface area (Å²) in [5.41, 5.74) is 1.23. The molecule has 8 heteroatoms. The highest BCUT2D eigenvalue weighted by molar-refractivity contribution is 8.13. The van der Waals surface area contributed by atoms with Crippen molar-refractivity contribution in [1.29, 1.82) is 0 Å². The summed E-state index contributed by atoms with van der Waals surface area (Å²) in [6.45, 7) is 1.93. The van der Waals surface area contributed by atoms with Gasteiger partial charge in [-0.2, -0.15) is 0 Å². The minimum absolute atomic E-state index is 0.118. The third kappa shape index (κ3) is 4.89. The van der Waals surface area contributed by atoms with E-state index in [1.807, 2.05) is 18.2 Å². The molecule has 3 amide bonds. The number of benzene rings is 2. The maximum Gasteiger partial charge on any atom is 0.286 e. The molecule has 1 aliphatic rings. The van der Waals surface area contributed by atoms with Gasteiger partial charge in [0.1, 0.15) is 5.75 Å². The number of nitrogens with one attached hydrogen (secondary N) is 1. The molecule has 1 unspecified atom stereocenters. The van der Waals surface area contributed by atoms with Crippen molar-refractivity contribution < 1.29 is 19.1 Å². The van der Waals surface area contributed by atoms with E-state index in [4.69, 9.17) is 4.74 Å². The first-order valence-corrected chi connectivity index (χ1v) is 10.0. The van der Waals surface area contributed by atoms with Crippen LogP contribution in [0.3, 0.4) is 0 Å². The average molecular weight is 413 g/mol. The molecule has 3 rings (SSSR count). The SMILES string of the molecule is CC1Oc2ccccc2N(CCC(=O)Nc2ccccc2SC(=O)N(C)C)C1=O. The summed E-state index contributed by atoms with van der Waals surface area (Å²) in [7, 11) is 3.35. The van der Waals surface area contributed by atoms with Gasteiger partial charge in [0, 0.05) is 32.0 Å². The molecule has 0 fully saturated rings. The standard InChI is InChI=1S/C21H23N3O4S/c1-14-20(26)24(16-9-5-6-10-17(16)28-14)13-12-19(25)22-15-8-4-7-11-18(15)29-21(27)23(2)3/h4-11,14H,12-13H2,1-3H3,(H,22,25). The van der Waals surface area contributed by atoms with Crippen LogP contribution in [0.15, 0.2) is 53.4 Å². The fourth-order valence-corrected chi connectivity index (χ4v) is 3.61. The zero-order valence-electron chi connectivity index (χ0n) is 16.5. The van der Waals surface area contributed by atoms with Crippen molar-refractivity contribution in [2.75, 3.05) is 30.9 Å². The number of hydrogen-bond donors (Lipinski definition) is 1. The van der Waals surface area contributed by atoms with Crippen LogP contribution in [0.5, 0.6) is 5.75 Å². The van der Waals surface area contributed by atoms with Crippen LogP contribution in [0.25, 0.3) is 0 Å². The highest BCUT2D eigenvalue weighted by Gasteiger charge is 2.31. The molecule has 0 bridgehead atoms. The zero-order valence-corrected chi connectivity index (χ0v) is 17.4. The predicted octanol–water partition coefficient (Wildman–Crippen LogP) is 3.60. The molecule has 0 saturated carbocycles. The molecule has 0 spiro atoms. The Labute approximate surface area is 174 Å². The summed E-state index contributed by atoms with van der Waals surface area (Å²) in [5, 5.41) is 2.72. The lowest BCUT2D eigenvalue weighted by Crippen LogP contribution is -2.45. The molecule has 29 heavy (non-hydrogen) atoms. The predicted molar refractivity (Wildman–Crippen MR) is 114 cm³/mol. The van der Waals surface area contributed by atoms with Crippen LogP contribution in [0, 0.1) is 0 Å². The minimum Gasteiger partial charge on any atom is -0.479 e. The fourth-order valence-electron chi connectivity index (χ4n) is 2.86. The van der Waals surface area contributed by atoms with Gasteiger partial charge in [-0.1, -0.05) is 24.3 Å². The lowest BCUT2D eigenvalue weighted by Gasteiger charge is -2.32. The van der Waals surface area contributed by atoms with Crippen LogP contribution in [-0.4, -0.2) is 48.7 Å². The first-order valence-electron chi connectivity index (χ1n) is 9.22. The summed E-state index contributed by atoms with van der Waals surface area (Å²) in [5.74, 6) is 0.216. The van der Waals surface area contributed by atoms with Crippen molar-refractivity contribution >= 4 is 40.2 Å². The Balaban J connectivity index is 1.67. The van der Waals surface area contributed by atoms with Crippen LogP contribution < -0.4 is 15.0 Å². The largest absolute Gasteiger partial charge is 0.479 e. The molecule has 0 aliphatic carbocycles. The Bertz CT molecular complexity index is 932. The third-order valence-corrected chi connectivity index (χ3v) is 5.48. The minimum atomic E-state index is -0.595. The van der Waals surface area contributed by atoms with Crippen LogP contribution >= 0.6 is 11.8 Å². The number of carbonyl (C=O) groups excluding carboxylic acids is 3. The first-order chi connectivity index (χ1) is 13.9. The number of carbonyl (C=O) groups is 3. The maximum absolute atomic E-state index is 12.5. The Morgan fingerprint density at radius 2 is 1.83 bits per heavy atom. The highest BCUT2D eigenvalue weighted by atomic mass is 32.2. The topological polar surface area (TPSA) is 79.0 Å². The number of nitrogens with zero attached hydrogens (tertiary/aromatic N) is 2. The van der Waals surface area contributed by atoms with Crippen molar-refractivity contribution in [3.05, 3.63) is 48.5 Å². The molecule has 1 atom stereocenters. The number of hydrogen-bond acceptors (Lipinski definition) is 5. The second-order valence-electron chi connectivity index (χ2n) is 6.77. The van der Waals surface area contributed by atoms with Crippen molar-refractivity contribution in [2.24, 2.45) is 0 Å². The van der Waals surface area contributed by atoms with E-state index in [0.717, 1.165) is 11.8 Å². The van der Waals surface area contributed by atoms with Gasteiger partial charge in [-0.15, -0.1) is 0 Å². The molecule has 0 saturated heterocycles. The van der Waals surface area contributed by atoms with E-state index < -0.39 is 6.10 Å². The number of fused-ring (bicyclic) bond motifs is 1. The van der Waals surface area contributed by atoms with Crippen molar-refractivity contribution in [1.82, 2.24) is 4.90 Å². The van der Waals surface area contributed by atoms with E-state index >= 15 is 0 Å². The third-order valence-electron chi connectivity index (χ3n) is 4.36. The van der Waals surface area contributed by atoms with E-state index in [-0.39, 0.29) is 30.0 Å². The Morgan fingerprint density at radius 1 is 1.14 bits per heavy atom. The average Bonchev–Trinajstić information content (AvgIpc) is 2.69. The van der Waals surface area contributed by atoms with Crippen molar-refractivity contribution in [3.8, 4) is 5.75 Å². The van der Waals surface area contributed by atoms with Gasteiger partial charge in [0.15, 0.2) is 6.10 Å². The molecule has 2 aromatic carbocycles. The number of para-hydroxylation sites is 3. The molecular weight excluding hydrogens is 390 g/mol. The van der Waals surface area contributed by atoms with Crippen LogP contribution in [0.1, 0.15) is 13.3 Å². The Hall–Kier alpha value is -3.00. The van der Waals surface area contributed by atoms with Crippen LogP contribution in [0.4, 0.5) is 16.2 Å². The van der Waals surface area contributed by atoms with Gasteiger partial charge >= 0.3 is 0 Å². The van der Waals surface area contributed by atoms with Crippen LogP contribution in [-0.2, 0) is 9.59 Å². The number of amides is 3. The summed E-state index contributed by atoms with van der Waals surface area (Å²) in [4.78, 5) is 40.8. The molecule has 2 aromatic rings. The van der Waals surface area contributed by atoms with Gasteiger partial charge in [-0.05, 0) is 43.0 Å². The molecule has 1 heterocycles. The van der Waals surface area contributed by atoms with E-state index in [2.05, 4.69) is 5.32 Å². The summed E-state index contributed by atoms with van der Waals surface area (Å²) in [6, 6.07) is 14.4. The van der Waals surface area contributed by atoms with Gasteiger partial charge in [-0.3, -0.25) is 14.4 Å². The molecule has 152 valence electrons. The highest BCUT2D eigenvalue weighted by Crippen LogP contribution is 2.34. The molecule has 7 nitrogen and oxygen atoms in total. The van der Waals surface area contributed by atoms with Crippen molar-refractivity contribution in [3.63, 3.8) is 0 Å². The van der Waals surface area contributed by atoms with E-state index in [1.165, 1.54) is 4.90 Å². The molecule has 0 radical (unpaired) electrons. The van der Waals surface area contributed by atoms with E-state index in [0.29, 0.717) is 22.0 Å². The zero-order chi connectivity index (χ0) is 21.0. The monoisotopic (exact) mass is 413 g/mol. The summed E-state index contributed by atoms with van der Waals surface area (Å²) < 4.78 is 5.62. The quantitative estimate of drug-likeness (QED) is 0.758.